The minimum atomic E-state index is -0.177. The van der Waals surface area contributed by atoms with E-state index in [1.807, 2.05) is 49.4 Å². The summed E-state index contributed by atoms with van der Waals surface area (Å²) in [5, 5.41) is 16.7. The van der Waals surface area contributed by atoms with Crippen LogP contribution in [0.3, 0.4) is 0 Å². The van der Waals surface area contributed by atoms with Crippen molar-refractivity contribution in [2.45, 2.75) is 13.0 Å². The molecular weight excluding hydrogens is 453 g/mol. The molecule has 1 saturated heterocycles. The second-order valence-electron chi connectivity index (χ2n) is 7.57. The highest BCUT2D eigenvalue weighted by Gasteiger charge is 2.32. The van der Waals surface area contributed by atoms with Crippen LogP contribution in [0.25, 0.3) is 4.96 Å². The van der Waals surface area contributed by atoms with E-state index in [1.165, 1.54) is 15.9 Å². The van der Waals surface area contributed by atoms with E-state index in [0.717, 1.165) is 47.3 Å². The lowest BCUT2D eigenvalue weighted by Gasteiger charge is -2.40. The summed E-state index contributed by atoms with van der Waals surface area (Å²) in [5.41, 5.74) is 2.09. The normalized spacial score (nSPS) is 16.2. The molecule has 0 amide bonds. The van der Waals surface area contributed by atoms with E-state index >= 15 is 0 Å². The number of fused-ring (bicyclic) bond motifs is 1. The van der Waals surface area contributed by atoms with E-state index in [4.69, 9.17) is 23.2 Å². The van der Waals surface area contributed by atoms with Gasteiger partial charge in [0.1, 0.15) is 5.82 Å². The molecule has 2 aromatic carbocycles. The predicted octanol–water partition coefficient (Wildman–Crippen LogP) is 5.02. The van der Waals surface area contributed by atoms with Crippen LogP contribution in [-0.2, 0) is 0 Å². The summed E-state index contributed by atoms with van der Waals surface area (Å²) in [6.07, 6.45) is 0. The smallest absolute Gasteiger partial charge is 0.230 e. The van der Waals surface area contributed by atoms with E-state index in [0.29, 0.717) is 15.8 Å². The summed E-state index contributed by atoms with van der Waals surface area (Å²) >= 11 is 14.3. The fourth-order valence-corrected chi connectivity index (χ4v) is 5.72. The van der Waals surface area contributed by atoms with Gasteiger partial charge < -0.3 is 10.0 Å². The number of nitrogens with zero attached hydrogens (tertiary/aromatic N) is 5. The highest BCUT2D eigenvalue weighted by Crippen LogP contribution is 2.42. The van der Waals surface area contributed by atoms with Gasteiger partial charge >= 0.3 is 0 Å². The Labute approximate surface area is 194 Å². The van der Waals surface area contributed by atoms with Crippen molar-refractivity contribution in [2.75, 3.05) is 31.1 Å². The monoisotopic (exact) mass is 473 g/mol. The molecule has 1 N–H and O–H groups in total. The van der Waals surface area contributed by atoms with Crippen LogP contribution < -0.4 is 4.90 Å². The van der Waals surface area contributed by atoms with Gasteiger partial charge in [-0.15, -0.1) is 5.10 Å². The van der Waals surface area contributed by atoms with Crippen LogP contribution in [0.15, 0.2) is 48.5 Å². The molecule has 2 aromatic heterocycles. The maximum atomic E-state index is 11.0. The molecule has 0 radical (unpaired) electrons. The zero-order valence-corrected chi connectivity index (χ0v) is 19.2. The van der Waals surface area contributed by atoms with E-state index in [1.54, 1.807) is 0 Å². The average molecular weight is 474 g/mol. The van der Waals surface area contributed by atoms with Crippen molar-refractivity contribution in [3.05, 3.63) is 74.8 Å². The Morgan fingerprint density at radius 2 is 1.81 bits per heavy atom. The maximum absolute atomic E-state index is 11.0. The molecule has 160 valence electrons. The van der Waals surface area contributed by atoms with Crippen molar-refractivity contribution in [2.24, 2.45) is 0 Å². The second kappa shape index (κ2) is 8.31. The molecule has 6 nitrogen and oxygen atoms in total. The Morgan fingerprint density at radius 3 is 2.52 bits per heavy atom. The number of aromatic nitrogens is 3. The Bertz CT molecular complexity index is 1230. The number of aromatic hydroxyl groups is 1. The third-order valence-electron chi connectivity index (χ3n) is 5.61. The van der Waals surface area contributed by atoms with Crippen molar-refractivity contribution < 1.29 is 5.11 Å². The number of halogens is 2. The van der Waals surface area contributed by atoms with E-state index in [-0.39, 0.29) is 11.9 Å². The number of thiazole rings is 1. The largest absolute Gasteiger partial charge is 0.492 e. The summed E-state index contributed by atoms with van der Waals surface area (Å²) in [6.45, 7) is 5.15. The van der Waals surface area contributed by atoms with E-state index < -0.39 is 0 Å². The van der Waals surface area contributed by atoms with Crippen molar-refractivity contribution in [1.29, 1.82) is 0 Å². The molecule has 1 aliphatic heterocycles. The van der Waals surface area contributed by atoms with Crippen molar-refractivity contribution >= 4 is 45.2 Å². The summed E-state index contributed by atoms with van der Waals surface area (Å²) in [7, 11) is 0. The van der Waals surface area contributed by atoms with Crippen molar-refractivity contribution in [3.63, 3.8) is 0 Å². The lowest BCUT2D eigenvalue weighted by atomic mass is 10.0. The Balaban J connectivity index is 1.49. The van der Waals surface area contributed by atoms with Crippen LogP contribution in [0.5, 0.6) is 5.88 Å². The summed E-state index contributed by atoms with van der Waals surface area (Å²) < 4.78 is 1.52. The van der Waals surface area contributed by atoms with Gasteiger partial charge in [-0.1, -0.05) is 58.8 Å². The molecule has 5 rings (SSSR count). The van der Waals surface area contributed by atoms with Crippen LogP contribution in [0.4, 0.5) is 5.69 Å². The van der Waals surface area contributed by atoms with Crippen molar-refractivity contribution in [3.8, 4) is 5.88 Å². The number of benzene rings is 2. The number of anilines is 1. The molecule has 0 saturated carbocycles. The van der Waals surface area contributed by atoms with Gasteiger partial charge in [0.25, 0.3) is 0 Å². The van der Waals surface area contributed by atoms with Crippen LogP contribution in [0.1, 0.15) is 22.3 Å². The van der Waals surface area contributed by atoms with Crippen LogP contribution in [0.2, 0.25) is 10.0 Å². The molecule has 1 fully saturated rings. The van der Waals surface area contributed by atoms with Gasteiger partial charge in [0.2, 0.25) is 10.8 Å². The molecule has 1 atom stereocenters. The standard InChI is InChI=1S/C22H21Cl2N5OS/c1-14-25-22-29(26-14)21(30)20(31-22)19(17-7-2-3-8-18(17)24)28-11-9-27(10-12-28)16-6-4-5-15(23)13-16/h2-8,13,19,30H,9-12H2,1H3/t19-/m1/s1. The fraction of sp³-hybridized carbons (Fsp3) is 0.273. The Kier molecular flexibility index (Phi) is 5.52. The molecule has 4 aromatic rings. The molecule has 0 bridgehead atoms. The number of hydrogen-bond donors (Lipinski definition) is 1. The first kappa shape index (κ1) is 20.6. The first-order valence-electron chi connectivity index (χ1n) is 10.1. The molecule has 9 heteroatoms. The zero-order chi connectivity index (χ0) is 21.5. The van der Waals surface area contributed by atoms with Crippen LogP contribution >= 0.6 is 34.5 Å². The quantitative estimate of drug-likeness (QED) is 0.450. The predicted molar refractivity (Wildman–Crippen MR) is 126 cm³/mol. The first-order valence-corrected chi connectivity index (χ1v) is 11.6. The van der Waals surface area contributed by atoms with Gasteiger partial charge in [0.05, 0.1) is 10.9 Å². The number of rotatable bonds is 4. The van der Waals surface area contributed by atoms with Crippen LogP contribution in [-0.4, -0.2) is 50.8 Å². The minimum Gasteiger partial charge on any atom is -0.492 e. The Hall–Kier alpha value is -2.32. The third-order valence-corrected chi connectivity index (χ3v) is 7.26. The van der Waals surface area contributed by atoms with E-state index in [2.05, 4.69) is 25.9 Å². The number of aryl methyl sites for hydroxylation is 1. The molecular formula is C22H21Cl2N5OS. The van der Waals surface area contributed by atoms with Gasteiger partial charge in [-0.2, -0.15) is 4.52 Å². The Morgan fingerprint density at radius 1 is 1.03 bits per heavy atom. The SMILES string of the molecule is Cc1nc2sc([C@@H](c3ccccc3Cl)N3CCN(c4cccc(Cl)c4)CC3)c(O)n2n1. The van der Waals surface area contributed by atoms with Gasteiger partial charge in [-0.3, -0.25) is 4.90 Å². The molecule has 0 unspecified atom stereocenters. The maximum Gasteiger partial charge on any atom is 0.230 e. The topological polar surface area (TPSA) is 56.9 Å². The van der Waals surface area contributed by atoms with Gasteiger partial charge in [0, 0.05) is 41.9 Å². The number of piperazine rings is 1. The third kappa shape index (κ3) is 3.87. The molecule has 0 spiro atoms. The van der Waals surface area contributed by atoms with Gasteiger partial charge in [-0.25, -0.2) is 4.98 Å². The van der Waals surface area contributed by atoms with E-state index in [9.17, 15) is 5.11 Å². The minimum absolute atomic E-state index is 0.128. The average Bonchev–Trinajstić information content (AvgIpc) is 3.27. The molecule has 3 heterocycles. The van der Waals surface area contributed by atoms with Gasteiger partial charge in [0.15, 0.2) is 0 Å². The first-order chi connectivity index (χ1) is 15.0. The second-order valence-corrected chi connectivity index (χ2v) is 9.42. The highest BCUT2D eigenvalue weighted by molar-refractivity contribution is 7.17. The summed E-state index contributed by atoms with van der Waals surface area (Å²) in [6, 6.07) is 15.6. The van der Waals surface area contributed by atoms with Gasteiger partial charge in [-0.05, 0) is 36.8 Å². The lowest BCUT2D eigenvalue weighted by Crippen LogP contribution is -2.47. The summed E-state index contributed by atoms with van der Waals surface area (Å²) in [5.74, 6) is 0.764. The van der Waals surface area contributed by atoms with Crippen LogP contribution in [0, 0.1) is 6.92 Å². The van der Waals surface area contributed by atoms with Crippen molar-refractivity contribution in [1.82, 2.24) is 19.5 Å². The zero-order valence-electron chi connectivity index (χ0n) is 16.9. The highest BCUT2D eigenvalue weighted by atomic mass is 35.5. The summed E-state index contributed by atoms with van der Waals surface area (Å²) in [4.78, 5) is 10.6. The molecule has 1 aliphatic rings. The fourth-order valence-electron chi connectivity index (χ4n) is 4.14. The molecule has 0 aliphatic carbocycles. The number of hydrogen-bond acceptors (Lipinski definition) is 6. The molecule has 31 heavy (non-hydrogen) atoms. The lowest BCUT2D eigenvalue weighted by molar-refractivity contribution is 0.211.